The highest BCUT2D eigenvalue weighted by Crippen LogP contribution is 2.45. The first kappa shape index (κ1) is 18.1. The molecule has 2 saturated heterocycles. The van der Waals surface area contributed by atoms with E-state index in [9.17, 15) is 9.90 Å². The van der Waals surface area contributed by atoms with Crippen LogP contribution in [0.3, 0.4) is 0 Å². The Morgan fingerprint density at radius 3 is 2.37 bits per heavy atom. The van der Waals surface area contributed by atoms with Gasteiger partial charge in [-0.15, -0.1) is 0 Å². The van der Waals surface area contributed by atoms with Gasteiger partial charge in [-0.2, -0.15) is 0 Å². The Bertz CT molecular complexity index is 790. The van der Waals surface area contributed by atoms with Gasteiger partial charge in [0.1, 0.15) is 6.61 Å². The summed E-state index contributed by atoms with van der Waals surface area (Å²) < 4.78 is 5.61. The maximum Gasteiger partial charge on any atom is 0.410 e. The van der Waals surface area contributed by atoms with Gasteiger partial charge in [-0.25, -0.2) is 4.79 Å². The molecule has 0 radical (unpaired) electrons. The highest BCUT2D eigenvalue weighted by atomic mass is 16.6. The molecule has 2 atom stereocenters. The zero-order valence-electron chi connectivity index (χ0n) is 15.8. The summed E-state index contributed by atoms with van der Waals surface area (Å²) >= 11 is 0. The summed E-state index contributed by atoms with van der Waals surface area (Å²) in [6.07, 6.45) is 3.85. The molecule has 2 aromatic carbocycles. The Labute approximate surface area is 160 Å². The minimum atomic E-state index is -0.864. The summed E-state index contributed by atoms with van der Waals surface area (Å²) in [5.41, 5.74) is 2.24. The summed E-state index contributed by atoms with van der Waals surface area (Å²) in [6, 6.07) is 17.9. The molecule has 1 amide bonds. The maximum atomic E-state index is 12.8. The Morgan fingerprint density at radius 2 is 1.70 bits per heavy atom. The van der Waals surface area contributed by atoms with Gasteiger partial charge in [0.25, 0.3) is 0 Å². The zero-order chi connectivity index (χ0) is 18.9. The summed E-state index contributed by atoms with van der Waals surface area (Å²) in [6.45, 7) is 2.33. The third-order valence-corrected chi connectivity index (χ3v) is 6.07. The fraction of sp³-hybridized carbons (Fsp3) is 0.435. The Morgan fingerprint density at radius 1 is 1.07 bits per heavy atom. The van der Waals surface area contributed by atoms with Gasteiger partial charge in [0, 0.05) is 24.9 Å². The largest absolute Gasteiger partial charge is 0.445 e. The van der Waals surface area contributed by atoms with E-state index in [0.717, 1.165) is 36.0 Å². The normalized spacial score (nSPS) is 27.3. The van der Waals surface area contributed by atoms with Crippen molar-refractivity contribution in [2.75, 3.05) is 0 Å². The minimum Gasteiger partial charge on any atom is -0.445 e. The van der Waals surface area contributed by atoms with Crippen LogP contribution in [0.1, 0.15) is 48.8 Å². The summed E-state index contributed by atoms with van der Waals surface area (Å²) in [4.78, 5) is 14.7. The molecular weight excluding hydrogens is 338 g/mol. The Balaban J connectivity index is 1.50. The SMILES string of the molecule is Cc1ccccc1C1(O)CC2CCCC(C1)N2C(=O)OCc1ccccc1. The number of amides is 1. The summed E-state index contributed by atoms with van der Waals surface area (Å²) in [5.74, 6) is 0. The van der Waals surface area contributed by atoms with E-state index in [1.165, 1.54) is 0 Å². The second-order valence-corrected chi connectivity index (χ2v) is 7.94. The number of hydrogen-bond acceptors (Lipinski definition) is 3. The predicted molar refractivity (Wildman–Crippen MR) is 104 cm³/mol. The average molecular weight is 365 g/mol. The highest BCUT2D eigenvalue weighted by molar-refractivity contribution is 5.69. The standard InChI is InChI=1S/C23H27NO3/c1-17-8-5-6-13-21(17)23(26)14-19-11-7-12-20(15-23)24(19)22(25)27-16-18-9-3-2-4-10-18/h2-6,8-10,13,19-20,26H,7,11-12,14-16H2,1H3. The van der Waals surface area contributed by atoms with Gasteiger partial charge in [0.05, 0.1) is 5.60 Å². The fourth-order valence-corrected chi connectivity index (χ4v) is 4.84. The second kappa shape index (κ2) is 7.35. The van der Waals surface area contributed by atoms with Crippen molar-refractivity contribution in [3.05, 3.63) is 71.3 Å². The molecule has 1 N–H and O–H groups in total. The van der Waals surface area contributed by atoms with Gasteiger partial charge in [-0.05, 0) is 42.9 Å². The Kier molecular flexibility index (Phi) is 4.92. The molecule has 2 heterocycles. The molecule has 27 heavy (non-hydrogen) atoms. The van der Waals surface area contributed by atoms with E-state index in [-0.39, 0.29) is 24.8 Å². The molecule has 142 valence electrons. The maximum absolute atomic E-state index is 12.8. The number of rotatable bonds is 3. The molecule has 4 rings (SSSR count). The fourth-order valence-electron chi connectivity index (χ4n) is 4.84. The number of ether oxygens (including phenoxy) is 1. The van der Waals surface area contributed by atoms with Gasteiger partial charge < -0.3 is 14.7 Å². The molecule has 2 aliphatic heterocycles. The van der Waals surface area contributed by atoms with Crippen molar-refractivity contribution in [3.8, 4) is 0 Å². The van der Waals surface area contributed by atoms with Crippen LogP contribution in [0.4, 0.5) is 4.79 Å². The molecule has 0 spiro atoms. The number of fused-ring (bicyclic) bond motifs is 2. The van der Waals surface area contributed by atoms with E-state index in [1.54, 1.807) is 0 Å². The van der Waals surface area contributed by atoms with Crippen LogP contribution in [-0.4, -0.2) is 28.2 Å². The zero-order valence-corrected chi connectivity index (χ0v) is 15.8. The van der Waals surface area contributed by atoms with Crippen molar-refractivity contribution in [2.24, 2.45) is 0 Å². The molecule has 0 aliphatic carbocycles. The van der Waals surface area contributed by atoms with Crippen LogP contribution in [-0.2, 0) is 16.9 Å². The lowest BCUT2D eigenvalue weighted by Crippen LogP contribution is -2.59. The lowest BCUT2D eigenvalue weighted by atomic mass is 9.72. The number of nitrogens with zero attached hydrogens (tertiary/aromatic N) is 1. The quantitative estimate of drug-likeness (QED) is 0.869. The van der Waals surface area contributed by atoms with Crippen molar-refractivity contribution in [1.82, 2.24) is 4.90 Å². The first-order valence-electron chi connectivity index (χ1n) is 9.84. The summed E-state index contributed by atoms with van der Waals surface area (Å²) in [5, 5.41) is 11.5. The van der Waals surface area contributed by atoms with Crippen LogP contribution in [0.15, 0.2) is 54.6 Å². The van der Waals surface area contributed by atoms with Crippen molar-refractivity contribution >= 4 is 6.09 Å². The van der Waals surface area contributed by atoms with Crippen LogP contribution in [0, 0.1) is 6.92 Å². The average Bonchev–Trinajstić information content (AvgIpc) is 2.66. The third-order valence-electron chi connectivity index (χ3n) is 6.07. The van der Waals surface area contributed by atoms with Gasteiger partial charge >= 0.3 is 6.09 Å². The molecule has 2 fully saturated rings. The van der Waals surface area contributed by atoms with Crippen molar-refractivity contribution in [2.45, 2.75) is 63.3 Å². The number of aryl methyl sites for hydroxylation is 1. The van der Waals surface area contributed by atoms with E-state index in [0.29, 0.717) is 12.8 Å². The van der Waals surface area contributed by atoms with E-state index >= 15 is 0 Å². The van der Waals surface area contributed by atoms with Gasteiger partial charge in [0.2, 0.25) is 0 Å². The van der Waals surface area contributed by atoms with E-state index in [2.05, 4.69) is 0 Å². The van der Waals surface area contributed by atoms with E-state index in [4.69, 9.17) is 4.74 Å². The van der Waals surface area contributed by atoms with Crippen molar-refractivity contribution < 1.29 is 14.6 Å². The molecule has 4 heteroatoms. The Hall–Kier alpha value is -2.33. The molecule has 0 aromatic heterocycles. The molecule has 2 aliphatic rings. The van der Waals surface area contributed by atoms with Crippen LogP contribution < -0.4 is 0 Å². The second-order valence-electron chi connectivity index (χ2n) is 7.94. The third kappa shape index (κ3) is 3.59. The predicted octanol–water partition coefficient (Wildman–Crippen LogP) is 4.54. The lowest BCUT2D eigenvalue weighted by molar-refractivity contribution is -0.0899. The molecule has 2 bridgehead atoms. The number of piperidine rings is 2. The highest BCUT2D eigenvalue weighted by Gasteiger charge is 2.49. The van der Waals surface area contributed by atoms with Gasteiger partial charge in [0.15, 0.2) is 0 Å². The number of carbonyl (C=O) groups is 1. The van der Waals surface area contributed by atoms with Crippen molar-refractivity contribution in [3.63, 3.8) is 0 Å². The molecule has 0 saturated carbocycles. The van der Waals surface area contributed by atoms with Gasteiger partial charge in [-0.1, -0.05) is 54.6 Å². The first-order chi connectivity index (χ1) is 13.1. The van der Waals surface area contributed by atoms with Crippen LogP contribution >= 0.6 is 0 Å². The molecule has 4 nitrogen and oxygen atoms in total. The monoisotopic (exact) mass is 365 g/mol. The van der Waals surface area contributed by atoms with Crippen LogP contribution in [0.5, 0.6) is 0 Å². The smallest absolute Gasteiger partial charge is 0.410 e. The van der Waals surface area contributed by atoms with Gasteiger partial charge in [-0.3, -0.25) is 0 Å². The number of carbonyl (C=O) groups excluding carboxylic acids is 1. The van der Waals surface area contributed by atoms with E-state index < -0.39 is 5.60 Å². The van der Waals surface area contributed by atoms with Crippen molar-refractivity contribution in [1.29, 1.82) is 0 Å². The topological polar surface area (TPSA) is 49.8 Å². The first-order valence-corrected chi connectivity index (χ1v) is 9.84. The molecule has 2 unspecified atom stereocenters. The number of aliphatic hydroxyl groups is 1. The number of hydrogen-bond donors (Lipinski definition) is 1. The minimum absolute atomic E-state index is 0.0328. The van der Waals surface area contributed by atoms with E-state index in [1.807, 2.05) is 66.4 Å². The molecule has 2 aromatic rings. The summed E-state index contributed by atoms with van der Waals surface area (Å²) in [7, 11) is 0. The molecular formula is C23H27NO3. The number of benzene rings is 2. The lowest BCUT2D eigenvalue weighted by Gasteiger charge is -2.51. The van der Waals surface area contributed by atoms with Crippen LogP contribution in [0.25, 0.3) is 0 Å². The van der Waals surface area contributed by atoms with Crippen LogP contribution in [0.2, 0.25) is 0 Å².